The summed E-state index contributed by atoms with van der Waals surface area (Å²) in [4.78, 5) is 17.4. The number of hydrogen-bond donors (Lipinski definition) is 4. The molecular formula is C27H36N6O5S. The summed E-state index contributed by atoms with van der Waals surface area (Å²) in [6.07, 6.45) is 3.82. The van der Waals surface area contributed by atoms with Crippen LogP contribution >= 0.6 is 0 Å². The maximum absolute atomic E-state index is 13.1. The molecule has 4 N–H and O–H groups in total. The number of pyridine rings is 1. The SMILES string of the molecule is CCOc1nc(S(=O)(=O)N(C)C)ccc1NC1NNC2CC([C@@H]3C[C@@]34C(=O)Nc3ccc(OC)cc34)CCC21. The third kappa shape index (κ3) is 4.24. The molecule has 1 spiro atoms. The molecule has 4 unspecified atom stereocenters. The van der Waals surface area contributed by atoms with E-state index in [2.05, 4.69) is 26.5 Å². The summed E-state index contributed by atoms with van der Waals surface area (Å²) in [7, 11) is 0.936. The number of rotatable bonds is 8. The highest BCUT2D eigenvalue weighted by Gasteiger charge is 2.67. The van der Waals surface area contributed by atoms with Crippen LogP contribution in [0.5, 0.6) is 11.6 Å². The fourth-order valence-electron chi connectivity index (χ4n) is 6.79. The molecule has 0 radical (unpaired) electrons. The van der Waals surface area contributed by atoms with E-state index in [1.54, 1.807) is 13.2 Å². The van der Waals surface area contributed by atoms with Crippen LogP contribution in [0, 0.1) is 17.8 Å². The lowest BCUT2D eigenvalue weighted by molar-refractivity contribution is -0.118. The Morgan fingerprint density at radius 3 is 2.74 bits per heavy atom. The molecule has 2 aromatic rings. The van der Waals surface area contributed by atoms with Crippen LogP contribution in [0.25, 0.3) is 0 Å². The zero-order chi connectivity index (χ0) is 27.5. The third-order valence-electron chi connectivity index (χ3n) is 8.91. The maximum Gasteiger partial charge on any atom is 0.260 e. The van der Waals surface area contributed by atoms with Crippen molar-refractivity contribution in [3.05, 3.63) is 35.9 Å². The predicted molar refractivity (Wildman–Crippen MR) is 146 cm³/mol. The first kappa shape index (κ1) is 26.3. The van der Waals surface area contributed by atoms with Crippen LogP contribution in [0.3, 0.4) is 0 Å². The average Bonchev–Trinajstić information content (AvgIpc) is 3.47. The zero-order valence-corrected chi connectivity index (χ0v) is 23.5. The highest BCUT2D eigenvalue weighted by Crippen LogP contribution is 2.65. The summed E-state index contributed by atoms with van der Waals surface area (Å²) < 4.78 is 37.4. The van der Waals surface area contributed by atoms with Crippen LogP contribution in [0.4, 0.5) is 11.4 Å². The monoisotopic (exact) mass is 556 g/mol. The molecule has 6 rings (SSSR count). The Hall–Kier alpha value is -2.93. The molecule has 1 saturated heterocycles. The van der Waals surface area contributed by atoms with Crippen molar-refractivity contribution in [2.24, 2.45) is 17.8 Å². The second kappa shape index (κ2) is 9.61. The van der Waals surface area contributed by atoms with Gasteiger partial charge in [-0.2, -0.15) is 4.98 Å². The van der Waals surface area contributed by atoms with Gasteiger partial charge < -0.3 is 20.1 Å². The Kier molecular flexibility index (Phi) is 6.48. The molecule has 1 amide bonds. The largest absolute Gasteiger partial charge is 0.497 e. The Morgan fingerprint density at radius 1 is 1.18 bits per heavy atom. The number of fused-ring (bicyclic) bond motifs is 3. The van der Waals surface area contributed by atoms with E-state index in [1.807, 2.05) is 25.1 Å². The summed E-state index contributed by atoms with van der Waals surface area (Å²) in [6, 6.07) is 9.33. The van der Waals surface area contributed by atoms with E-state index in [0.717, 1.165) is 47.0 Å². The van der Waals surface area contributed by atoms with Crippen LogP contribution in [0.15, 0.2) is 35.4 Å². The van der Waals surface area contributed by atoms with E-state index in [0.29, 0.717) is 30.0 Å². The molecule has 39 heavy (non-hydrogen) atoms. The van der Waals surface area contributed by atoms with Crippen LogP contribution in [0.1, 0.15) is 38.2 Å². The maximum atomic E-state index is 13.1. The zero-order valence-electron chi connectivity index (χ0n) is 22.7. The molecule has 2 saturated carbocycles. The number of hydrazine groups is 1. The van der Waals surface area contributed by atoms with Crippen molar-refractivity contribution in [3.8, 4) is 11.6 Å². The van der Waals surface area contributed by atoms with E-state index in [9.17, 15) is 13.2 Å². The number of amides is 1. The van der Waals surface area contributed by atoms with Crippen molar-refractivity contribution in [1.29, 1.82) is 0 Å². The number of ether oxygens (including phenoxy) is 2. The molecule has 12 heteroatoms. The highest BCUT2D eigenvalue weighted by atomic mass is 32.2. The Bertz CT molecular complexity index is 1400. The Labute approximate surface area is 229 Å². The molecule has 4 aliphatic rings. The van der Waals surface area contributed by atoms with Gasteiger partial charge in [-0.25, -0.2) is 18.1 Å². The van der Waals surface area contributed by atoms with Crippen LogP contribution < -0.4 is 31.0 Å². The number of carbonyl (C=O) groups is 1. The number of benzene rings is 1. The van der Waals surface area contributed by atoms with E-state index < -0.39 is 15.4 Å². The quantitative estimate of drug-likeness (QED) is 0.386. The third-order valence-corrected chi connectivity index (χ3v) is 10.6. The summed E-state index contributed by atoms with van der Waals surface area (Å²) in [5.41, 5.74) is 9.06. The van der Waals surface area contributed by atoms with Gasteiger partial charge in [-0.1, -0.05) is 0 Å². The molecule has 6 atom stereocenters. The topological polar surface area (TPSA) is 134 Å². The Morgan fingerprint density at radius 2 is 2.00 bits per heavy atom. The number of anilines is 2. The lowest BCUT2D eigenvalue weighted by atomic mass is 9.74. The van der Waals surface area contributed by atoms with E-state index in [-0.39, 0.29) is 29.0 Å². The smallest absolute Gasteiger partial charge is 0.260 e. The molecule has 1 aromatic carbocycles. The van der Waals surface area contributed by atoms with Gasteiger partial charge in [-0.15, -0.1) is 0 Å². The van der Waals surface area contributed by atoms with Gasteiger partial charge in [0.2, 0.25) is 11.8 Å². The molecule has 210 valence electrons. The van der Waals surface area contributed by atoms with Gasteiger partial charge in [0.15, 0.2) is 5.03 Å². The van der Waals surface area contributed by atoms with E-state index in [1.165, 1.54) is 20.2 Å². The van der Waals surface area contributed by atoms with Crippen molar-refractivity contribution >= 4 is 27.3 Å². The van der Waals surface area contributed by atoms with Gasteiger partial charge in [0.25, 0.3) is 10.0 Å². The first-order chi connectivity index (χ1) is 18.7. The van der Waals surface area contributed by atoms with Gasteiger partial charge in [-0.05, 0) is 80.3 Å². The van der Waals surface area contributed by atoms with Crippen LogP contribution in [-0.4, -0.2) is 63.6 Å². The first-order valence-corrected chi connectivity index (χ1v) is 15.0. The number of methoxy groups -OCH3 is 1. The summed E-state index contributed by atoms with van der Waals surface area (Å²) >= 11 is 0. The number of sulfonamides is 1. The van der Waals surface area contributed by atoms with Gasteiger partial charge >= 0.3 is 0 Å². The average molecular weight is 557 g/mol. The molecule has 3 heterocycles. The normalized spacial score (nSPS) is 31.1. The van der Waals surface area contributed by atoms with Crippen LogP contribution in [-0.2, 0) is 20.2 Å². The first-order valence-electron chi connectivity index (χ1n) is 13.5. The summed E-state index contributed by atoms with van der Waals surface area (Å²) in [6.45, 7) is 2.21. The minimum atomic E-state index is -3.67. The minimum Gasteiger partial charge on any atom is -0.497 e. The number of carbonyl (C=O) groups excluding carboxylic acids is 1. The van der Waals surface area contributed by atoms with Gasteiger partial charge in [-0.3, -0.25) is 10.2 Å². The van der Waals surface area contributed by atoms with Gasteiger partial charge in [0.1, 0.15) is 5.75 Å². The minimum absolute atomic E-state index is 0.0501. The van der Waals surface area contributed by atoms with Crippen LogP contribution in [0.2, 0.25) is 0 Å². The van der Waals surface area contributed by atoms with Crippen molar-refractivity contribution < 1.29 is 22.7 Å². The van der Waals surface area contributed by atoms with Crippen molar-refractivity contribution in [1.82, 2.24) is 20.1 Å². The predicted octanol–water partition coefficient (Wildman–Crippen LogP) is 2.28. The fourth-order valence-corrected chi connectivity index (χ4v) is 7.61. The molecular weight excluding hydrogens is 520 g/mol. The number of aromatic nitrogens is 1. The Balaban J connectivity index is 1.15. The van der Waals surface area contributed by atoms with Crippen molar-refractivity contribution in [3.63, 3.8) is 0 Å². The highest BCUT2D eigenvalue weighted by molar-refractivity contribution is 7.89. The number of nitrogens with zero attached hydrogens (tertiary/aromatic N) is 2. The van der Waals surface area contributed by atoms with Gasteiger partial charge in [0, 0.05) is 31.7 Å². The van der Waals surface area contributed by atoms with E-state index >= 15 is 0 Å². The standard InChI is InChI=1S/C27H36N6O5S/c1-5-38-25-21(10-11-23(30-25)39(35,36)33(2)3)28-24-17-8-6-15(12-22(17)31-32-24)19-14-27(19)18-13-16(37-4)7-9-20(18)29-26(27)34/h7,9-11,13,15,17,19,22,24,28,31-32H,5-6,8,12,14H2,1-4H3,(H,29,34)/t15?,17?,19-,22?,24?,27-/m0/s1. The van der Waals surface area contributed by atoms with E-state index in [4.69, 9.17) is 9.47 Å². The van der Waals surface area contributed by atoms with Gasteiger partial charge in [0.05, 0.1) is 31.0 Å². The molecule has 0 bridgehead atoms. The fraction of sp³-hybridized carbons (Fsp3) is 0.556. The molecule has 11 nitrogen and oxygen atoms in total. The lowest BCUT2D eigenvalue weighted by Crippen LogP contribution is -2.39. The summed E-state index contributed by atoms with van der Waals surface area (Å²) in [5.74, 6) is 2.24. The molecule has 3 fully saturated rings. The second-order valence-corrected chi connectivity index (χ2v) is 13.2. The lowest BCUT2D eigenvalue weighted by Gasteiger charge is -2.34. The molecule has 2 aliphatic heterocycles. The summed E-state index contributed by atoms with van der Waals surface area (Å²) in [5, 5.41) is 6.54. The van der Waals surface area contributed by atoms with Crippen molar-refractivity contribution in [2.75, 3.05) is 38.4 Å². The number of nitrogens with one attached hydrogen (secondary N) is 4. The number of hydrogen-bond acceptors (Lipinski definition) is 9. The molecule has 2 aliphatic carbocycles. The second-order valence-electron chi connectivity index (χ2n) is 11.1. The van der Waals surface area contributed by atoms with Crippen molar-refractivity contribution in [2.45, 2.75) is 55.3 Å². The molecule has 1 aromatic heterocycles.